The summed E-state index contributed by atoms with van der Waals surface area (Å²) in [6, 6.07) is 11.8. The topological polar surface area (TPSA) is 21.3 Å². The van der Waals surface area contributed by atoms with Gasteiger partial charge in [0.2, 0.25) is 0 Å². The molecule has 2 fully saturated rings. The van der Waals surface area contributed by atoms with Gasteiger partial charge >= 0.3 is 0 Å². The molecular weight excluding hydrogens is 254 g/mol. The molecule has 2 unspecified atom stereocenters. The van der Waals surface area contributed by atoms with Gasteiger partial charge < -0.3 is 10.1 Å². The maximum absolute atomic E-state index is 6.08. The minimum atomic E-state index is 0.178. The average molecular weight is 277 g/mol. The van der Waals surface area contributed by atoms with E-state index in [9.17, 15) is 0 Å². The van der Waals surface area contributed by atoms with Gasteiger partial charge in [0.15, 0.2) is 0 Å². The third-order valence-corrected chi connectivity index (χ3v) is 5.57. The number of benzene rings is 1. The second-order valence-electron chi connectivity index (χ2n) is 5.82. The summed E-state index contributed by atoms with van der Waals surface area (Å²) in [4.78, 5) is 0. The molecule has 1 aromatic rings. The van der Waals surface area contributed by atoms with E-state index in [1.807, 2.05) is 11.8 Å². The fraction of sp³-hybridized carbons (Fsp3) is 0.625. The lowest BCUT2D eigenvalue weighted by Crippen LogP contribution is -2.47. The smallest absolute Gasteiger partial charge is 0.0795 e. The van der Waals surface area contributed by atoms with Crippen molar-refractivity contribution >= 4 is 11.8 Å². The predicted octanol–water partition coefficient (Wildman–Crippen LogP) is 3.39. The zero-order valence-electron chi connectivity index (χ0n) is 11.6. The van der Waals surface area contributed by atoms with Crippen molar-refractivity contribution in [3.05, 3.63) is 35.9 Å². The fourth-order valence-corrected chi connectivity index (χ4v) is 4.60. The van der Waals surface area contributed by atoms with Crippen LogP contribution in [0.1, 0.15) is 37.8 Å². The van der Waals surface area contributed by atoms with Crippen LogP contribution in [0.3, 0.4) is 0 Å². The Morgan fingerprint density at radius 3 is 2.95 bits per heavy atom. The Morgan fingerprint density at radius 2 is 2.21 bits per heavy atom. The standard InChI is InChI=1S/C16H23NOS/c1-13(14-5-3-2-4-6-14)17-15-7-9-18-16(11-15)8-10-19-12-16/h2-6,13,15,17H,7-12H2,1H3/t13-,15?,16?/m0/s1. The Bertz CT molecular complexity index is 402. The van der Waals surface area contributed by atoms with Crippen LogP contribution in [0.2, 0.25) is 0 Å². The summed E-state index contributed by atoms with van der Waals surface area (Å²) in [6.07, 6.45) is 3.55. The Kier molecular flexibility index (Phi) is 4.15. The van der Waals surface area contributed by atoms with E-state index >= 15 is 0 Å². The lowest BCUT2D eigenvalue weighted by atomic mass is 9.89. The number of thioether (sulfide) groups is 1. The Hall–Kier alpha value is -0.510. The zero-order chi connectivity index (χ0) is 13.1. The molecule has 2 aliphatic heterocycles. The molecule has 3 rings (SSSR count). The largest absolute Gasteiger partial charge is 0.374 e. The first-order chi connectivity index (χ1) is 9.27. The Morgan fingerprint density at radius 1 is 1.37 bits per heavy atom. The van der Waals surface area contributed by atoms with Gasteiger partial charge in [0, 0.05) is 24.4 Å². The summed E-state index contributed by atoms with van der Waals surface area (Å²) in [5.74, 6) is 2.45. The molecule has 0 amide bonds. The molecule has 19 heavy (non-hydrogen) atoms. The van der Waals surface area contributed by atoms with Crippen LogP contribution >= 0.6 is 11.8 Å². The molecule has 2 nitrogen and oxygen atoms in total. The summed E-state index contributed by atoms with van der Waals surface area (Å²) in [5, 5.41) is 3.80. The van der Waals surface area contributed by atoms with Crippen LogP contribution in [0.15, 0.2) is 30.3 Å². The van der Waals surface area contributed by atoms with E-state index in [0.29, 0.717) is 12.1 Å². The first kappa shape index (κ1) is 13.5. The highest BCUT2D eigenvalue weighted by Gasteiger charge is 2.40. The maximum atomic E-state index is 6.08. The van der Waals surface area contributed by atoms with Crippen molar-refractivity contribution in [1.29, 1.82) is 0 Å². The Labute approximate surface area is 120 Å². The van der Waals surface area contributed by atoms with E-state index in [2.05, 4.69) is 42.6 Å². The molecule has 0 aromatic heterocycles. The van der Waals surface area contributed by atoms with Crippen LogP contribution in [0, 0.1) is 0 Å². The maximum Gasteiger partial charge on any atom is 0.0795 e. The van der Waals surface area contributed by atoms with Gasteiger partial charge in [-0.25, -0.2) is 0 Å². The van der Waals surface area contributed by atoms with Crippen molar-refractivity contribution in [2.45, 2.75) is 43.9 Å². The number of hydrogen-bond donors (Lipinski definition) is 1. The molecule has 0 aliphatic carbocycles. The van der Waals surface area contributed by atoms with E-state index in [1.165, 1.54) is 29.9 Å². The van der Waals surface area contributed by atoms with Gasteiger partial charge in [0.1, 0.15) is 0 Å². The minimum absolute atomic E-state index is 0.178. The summed E-state index contributed by atoms with van der Waals surface area (Å²) in [6.45, 7) is 3.18. The molecule has 0 bridgehead atoms. The first-order valence-corrected chi connectivity index (χ1v) is 8.46. The lowest BCUT2D eigenvalue weighted by molar-refractivity contribution is -0.0711. The summed E-state index contributed by atoms with van der Waals surface area (Å²) < 4.78 is 6.08. The fourth-order valence-electron chi connectivity index (χ4n) is 3.22. The van der Waals surface area contributed by atoms with E-state index in [1.54, 1.807) is 0 Å². The van der Waals surface area contributed by atoms with Gasteiger partial charge in [-0.2, -0.15) is 11.8 Å². The normalized spacial score (nSPS) is 32.6. The van der Waals surface area contributed by atoms with Crippen molar-refractivity contribution in [3.8, 4) is 0 Å². The molecule has 0 radical (unpaired) electrons. The first-order valence-electron chi connectivity index (χ1n) is 7.30. The summed E-state index contributed by atoms with van der Waals surface area (Å²) >= 11 is 2.04. The second kappa shape index (κ2) is 5.86. The van der Waals surface area contributed by atoms with Gasteiger partial charge in [0.05, 0.1) is 5.60 Å². The second-order valence-corrected chi connectivity index (χ2v) is 6.93. The SMILES string of the molecule is C[C@H](NC1CCOC2(CCSC2)C1)c1ccccc1. The molecule has 1 aromatic carbocycles. The summed E-state index contributed by atoms with van der Waals surface area (Å²) in [7, 11) is 0. The van der Waals surface area contributed by atoms with Gasteiger partial charge in [-0.3, -0.25) is 0 Å². The van der Waals surface area contributed by atoms with Gasteiger partial charge in [-0.05, 0) is 37.5 Å². The van der Waals surface area contributed by atoms with Crippen molar-refractivity contribution in [3.63, 3.8) is 0 Å². The zero-order valence-corrected chi connectivity index (χ0v) is 12.4. The molecule has 3 heteroatoms. The number of nitrogens with one attached hydrogen (secondary N) is 1. The molecule has 1 spiro atoms. The highest BCUT2D eigenvalue weighted by molar-refractivity contribution is 7.99. The van der Waals surface area contributed by atoms with E-state index in [4.69, 9.17) is 4.74 Å². The Balaban J connectivity index is 1.60. The van der Waals surface area contributed by atoms with Crippen molar-refractivity contribution in [2.24, 2.45) is 0 Å². The highest BCUT2D eigenvalue weighted by atomic mass is 32.2. The molecule has 1 N–H and O–H groups in total. The van der Waals surface area contributed by atoms with Crippen molar-refractivity contribution < 1.29 is 4.74 Å². The molecular formula is C16H23NOS. The summed E-state index contributed by atoms with van der Waals surface area (Å²) in [5.41, 5.74) is 1.56. The highest BCUT2D eigenvalue weighted by Crippen LogP contribution is 2.38. The average Bonchev–Trinajstić information content (AvgIpc) is 2.88. The van der Waals surface area contributed by atoms with Crippen molar-refractivity contribution in [2.75, 3.05) is 18.1 Å². The van der Waals surface area contributed by atoms with Gasteiger partial charge in [-0.1, -0.05) is 30.3 Å². The third kappa shape index (κ3) is 3.15. The van der Waals surface area contributed by atoms with Crippen LogP contribution < -0.4 is 5.32 Å². The van der Waals surface area contributed by atoms with Crippen LogP contribution in [-0.4, -0.2) is 29.8 Å². The number of rotatable bonds is 3. The van der Waals surface area contributed by atoms with Crippen LogP contribution in [-0.2, 0) is 4.74 Å². The lowest BCUT2D eigenvalue weighted by Gasteiger charge is -2.39. The van der Waals surface area contributed by atoms with Crippen LogP contribution in [0.5, 0.6) is 0 Å². The van der Waals surface area contributed by atoms with Crippen molar-refractivity contribution in [1.82, 2.24) is 5.32 Å². The van der Waals surface area contributed by atoms with Crippen LogP contribution in [0.4, 0.5) is 0 Å². The minimum Gasteiger partial charge on any atom is -0.374 e. The molecule has 0 saturated carbocycles. The van der Waals surface area contributed by atoms with Gasteiger partial charge in [0.25, 0.3) is 0 Å². The molecule has 3 atom stereocenters. The molecule has 104 valence electrons. The third-order valence-electron chi connectivity index (χ3n) is 4.35. The van der Waals surface area contributed by atoms with E-state index in [-0.39, 0.29) is 5.60 Å². The van der Waals surface area contributed by atoms with E-state index < -0.39 is 0 Å². The monoisotopic (exact) mass is 277 g/mol. The molecule has 2 aliphatic rings. The molecule has 2 saturated heterocycles. The van der Waals surface area contributed by atoms with Gasteiger partial charge in [-0.15, -0.1) is 0 Å². The predicted molar refractivity (Wildman–Crippen MR) is 81.6 cm³/mol. The number of hydrogen-bond acceptors (Lipinski definition) is 3. The van der Waals surface area contributed by atoms with Crippen LogP contribution in [0.25, 0.3) is 0 Å². The number of ether oxygens (including phenoxy) is 1. The molecule has 2 heterocycles. The quantitative estimate of drug-likeness (QED) is 0.915. The van der Waals surface area contributed by atoms with E-state index in [0.717, 1.165) is 13.0 Å².